The quantitative estimate of drug-likeness (QED) is 0.606. The Labute approximate surface area is 140 Å². The molecule has 0 aliphatic carbocycles. The summed E-state index contributed by atoms with van der Waals surface area (Å²) in [7, 11) is 0. The van der Waals surface area contributed by atoms with E-state index >= 15 is 0 Å². The van der Waals surface area contributed by atoms with Crippen LogP contribution in [0, 0.1) is 6.92 Å². The lowest BCUT2D eigenvalue weighted by molar-refractivity contribution is 0.301. The van der Waals surface area contributed by atoms with Gasteiger partial charge < -0.3 is 10.1 Å². The molecule has 2 aromatic rings. The summed E-state index contributed by atoms with van der Waals surface area (Å²) in [5, 5.41) is 3.53. The second kappa shape index (κ2) is 10.1. The van der Waals surface area contributed by atoms with Gasteiger partial charge in [-0.3, -0.25) is 0 Å². The summed E-state index contributed by atoms with van der Waals surface area (Å²) in [5.74, 6) is 1.02. The van der Waals surface area contributed by atoms with E-state index in [0.29, 0.717) is 0 Å². The van der Waals surface area contributed by atoms with Gasteiger partial charge in [0.05, 0.1) is 6.61 Å². The standard InChI is InChI=1S/C21H29NO/c1-3-4-5-10-15-23-21-14-9-8-13-20(21)17-22-16-19-12-7-6-11-18(19)2/h6-9,11-14,22H,3-5,10,15-17H2,1-2H3. The molecule has 23 heavy (non-hydrogen) atoms. The van der Waals surface area contributed by atoms with Gasteiger partial charge in [-0.15, -0.1) is 0 Å². The Morgan fingerprint density at radius 1 is 0.826 bits per heavy atom. The fourth-order valence-corrected chi connectivity index (χ4v) is 2.64. The molecule has 0 radical (unpaired) electrons. The molecule has 0 saturated heterocycles. The Morgan fingerprint density at radius 2 is 1.52 bits per heavy atom. The molecule has 0 unspecified atom stereocenters. The minimum absolute atomic E-state index is 0.814. The Hall–Kier alpha value is -1.80. The summed E-state index contributed by atoms with van der Waals surface area (Å²) in [6, 6.07) is 16.9. The van der Waals surface area contributed by atoms with Gasteiger partial charge in [0.15, 0.2) is 0 Å². The maximum Gasteiger partial charge on any atom is 0.123 e. The van der Waals surface area contributed by atoms with E-state index < -0.39 is 0 Å². The number of nitrogens with one attached hydrogen (secondary N) is 1. The molecule has 0 aromatic heterocycles. The van der Waals surface area contributed by atoms with Crippen molar-refractivity contribution in [3.8, 4) is 5.75 Å². The van der Waals surface area contributed by atoms with E-state index in [9.17, 15) is 0 Å². The Morgan fingerprint density at radius 3 is 2.30 bits per heavy atom. The molecular weight excluding hydrogens is 282 g/mol. The lowest BCUT2D eigenvalue weighted by Crippen LogP contribution is -2.14. The molecule has 2 aromatic carbocycles. The lowest BCUT2D eigenvalue weighted by Gasteiger charge is -2.13. The van der Waals surface area contributed by atoms with Crippen LogP contribution in [0.1, 0.15) is 49.3 Å². The fraction of sp³-hybridized carbons (Fsp3) is 0.429. The molecule has 124 valence electrons. The van der Waals surface area contributed by atoms with E-state index in [1.807, 2.05) is 6.07 Å². The Kier molecular flexibility index (Phi) is 7.68. The largest absolute Gasteiger partial charge is 0.493 e. The zero-order chi connectivity index (χ0) is 16.3. The minimum atomic E-state index is 0.814. The molecule has 2 rings (SSSR count). The normalized spacial score (nSPS) is 10.7. The first kappa shape index (κ1) is 17.6. The smallest absolute Gasteiger partial charge is 0.123 e. The number of para-hydroxylation sites is 1. The van der Waals surface area contributed by atoms with E-state index in [2.05, 4.69) is 61.6 Å². The maximum absolute atomic E-state index is 5.97. The first-order chi connectivity index (χ1) is 11.3. The van der Waals surface area contributed by atoms with Crippen molar-refractivity contribution in [1.82, 2.24) is 5.32 Å². The molecule has 0 fully saturated rings. The number of rotatable bonds is 10. The van der Waals surface area contributed by atoms with Crippen LogP contribution in [0.25, 0.3) is 0 Å². The van der Waals surface area contributed by atoms with Crippen LogP contribution in [-0.2, 0) is 13.1 Å². The summed E-state index contributed by atoms with van der Waals surface area (Å²) in [5.41, 5.74) is 3.92. The van der Waals surface area contributed by atoms with Gasteiger partial charge in [-0.1, -0.05) is 68.7 Å². The van der Waals surface area contributed by atoms with Crippen LogP contribution in [0.3, 0.4) is 0 Å². The van der Waals surface area contributed by atoms with Crippen LogP contribution in [0.2, 0.25) is 0 Å². The number of ether oxygens (including phenoxy) is 1. The average molecular weight is 311 g/mol. The van der Waals surface area contributed by atoms with E-state index in [1.54, 1.807) is 0 Å². The van der Waals surface area contributed by atoms with E-state index in [4.69, 9.17) is 4.74 Å². The number of unbranched alkanes of at least 4 members (excludes halogenated alkanes) is 3. The van der Waals surface area contributed by atoms with Crippen LogP contribution in [0.15, 0.2) is 48.5 Å². The fourth-order valence-electron chi connectivity index (χ4n) is 2.64. The molecule has 0 aliphatic heterocycles. The molecule has 0 amide bonds. The highest BCUT2D eigenvalue weighted by Gasteiger charge is 2.03. The number of hydrogen-bond donors (Lipinski definition) is 1. The maximum atomic E-state index is 5.97. The van der Waals surface area contributed by atoms with E-state index in [0.717, 1.165) is 31.9 Å². The molecule has 0 spiro atoms. The van der Waals surface area contributed by atoms with Crippen molar-refractivity contribution in [2.45, 2.75) is 52.6 Å². The van der Waals surface area contributed by atoms with Crippen molar-refractivity contribution < 1.29 is 4.74 Å². The molecule has 2 heteroatoms. The van der Waals surface area contributed by atoms with Crippen LogP contribution in [-0.4, -0.2) is 6.61 Å². The van der Waals surface area contributed by atoms with Gasteiger partial charge in [0.2, 0.25) is 0 Å². The first-order valence-corrected chi connectivity index (χ1v) is 8.77. The zero-order valence-corrected chi connectivity index (χ0v) is 14.5. The molecule has 0 aliphatic rings. The van der Waals surface area contributed by atoms with Crippen molar-refractivity contribution in [3.05, 3.63) is 65.2 Å². The molecule has 0 saturated carbocycles. The summed E-state index contributed by atoms with van der Waals surface area (Å²) >= 11 is 0. The first-order valence-electron chi connectivity index (χ1n) is 8.77. The van der Waals surface area contributed by atoms with Gasteiger partial charge in [0, 0.05) is 18.7 Å². The van der Waals surface area contributed by atoms with Crippen LogP contribution in [0.4, 0.5) is 0 Å². The summed E-state index contributed by atoms with van der Waals surface area (Å²) in [4.78, 5) is 0. The third kappa shape index (κ3) is 6.07. The molecular formula is C21H29NO. The van der Waals surface area contributed by atoms with Crippen LogP contribution >= 0.6 is 0 Å². The van der Waals surface area contributed by atoms with E-state index in [-0.39, 0.29) is 0 Å². The molecule has 1 N–H and O–H groups in total. The highest BCUT2D eigenvalue weighted by atomic mass is 16.5. The Balaban J connectivity index is 1.81. The van der Waals surface area contributed by atoms with Gasteiger partial charge in [0.25, 0.3) is 0 Å². The second-order valence-corrected chi connectivity index (χ2v) is 6.05. The third-order valence-corrected chi connectivity index (χ3v) is 4.12. The third-order valence-electron chi connectivity index (χ3n) is 4.12. The van der Waals surface area contributed by atoms with Gasteiger partial charge in [-0.05, 0) is 30.5 Å². The van der Waals surface area contributed by atoms with E-state index in [1.165, 1.54) is 36.0 Å². The van der Waals surface area contributed by atoms with Gasteiger partial charge in [-0.2, -0.15) is 0 Å². The highest BCUT2D eigenvalue weighted by molar-refractivity contribution is 5.33. The van der Waals surface area contributed by atoms with Crippen LogP contribution < -0.4 is 10.1 Å². The van der Waals surface area contributed by atoms with Crippen molar-refractivity contribution in [2.75, 3.05) is 6.61 Å². The SMILES string of the molecule is CCCCCCOc1ccccc1CNCc1ccccc1C. The second-order valence-electron chi connectivity index (χ2n) is 6.05. The topological polar surface area (TPSA) is 21.3 Å². The van der Waals surface area contributed by atoms with Gasteiger partial charge in [0.1, 0.15) is 5.75 Å². The average Bonchev–Trinajstić information content (AvgIpc) is 2.57. The van der Waals surface area contributed by atoms with Crippen molar-refractivity contribution in [1.29, 1.82) is 0 Å². The summed E-state index contributed by atoms with van der Waals surface area (Å²) in [6.07, 6.45) is 4.95. The number of aryl methyl sites for hydroxylation is 1. The summed E-state index contributed by atoms with van der Waals surface area (Å²) in [6.45, 7) is 6.92. The molecule has 0 bridgehead atoms. The number of hydrogen-bond acceptors (Lipinski definition) is 2. The zero-order valence-electron chi connectivity index (χ0n) is 14.5. The van der Waals surface area contributed by atoms with Gasteiger partial charge >= 0.3 is 0 Å². The van der Waals surface area contributed by atoms with Crippen molar-refractivity contribution in [2.24, 2.45) is 0 Å². The lowest BCUT2D eigenvalue weighted by atomic mass is 10.1. The minimum Gasteiger partial charge on any atom is -0.493 e. The van der Waals surface area contributed by atoms with Crippen molar-refractivity contribution in [3.63, 3.8) is 0 Å². The number of benzene rings is 2. The van der Waals surface area contributed by atoms with Crippen molar-refractivity contribution >= 4 is 0 Å². The van der Waals surface area contributed by atoms with Gasteiger partial charge in [-0.25, -0.2) is 0 Å². The summed E-state index contributed by atoms with van der Waals surface area (Å²) < 4.78 is 5.97. The van der Waals surface area contributed by atoms with Crippen LogP contribution in [0.5, 0.6) is 5.75 Å². The molecule has 0 heterocycles. The predicted octanol–water partition coefficient (Wildman–Crippen LogP) is 5.24. The monoisotopic (exact) mass is 311 g/mol. The molecule has 0 atom stereocenters. The Bertz CT molecular complexity index is 580. The highest BCUT2D eigenvalue weighted by Crippen LogP contribution is 2.18. The predicted molar refractivity (Wildman–Crippen MR) is 97.8 cm³/mol. The molecule has 2 nitrogen and oxygen atoms in total.